The van der Waals surface area contributed by atoms with Crippen LogP contribution in [0.4, 0.5) is 4.39 Å². The molecule has 0 bridgehead atoms. The van der Waals surface area contributed by atoms with E-state index in [9.17, 15) is 4.39 Å². The molecule has 0 amide bonds. The molecule has 0 aliphatic heterocycles. The van der Waals surface area contributed by atoms with Gasteiger partial charge in [-0.25, -0.2) is 15.0 Å². The zero-order valence-electron chi connectivity index (χ0n) is 14.9. The lowest BCUT2D eigenvalue weighted by Gasteiger charge is -2.11. The first-order valence-electron chi connectivity index (χ1n) is 8.95. The van der Waals surface area contributed by atoms with Crippen LogP contribution in [0.5, 0.6) is 0 Å². The van der Waals surface area contributed by atoms with Gasteiger partial charge in [-0.3, -0.25) is 4.57 Å². The van der Waals surface area contributed by atoms with E-state index in [1.807, 2.05) is 47.2 Å². The van der Waals surface area contributed by atoms with Gasteiger partial charge in [-0.2, -0.15) is 4.39 Å². The maximum atomic E-state index is 13.6. The highest BCUT2D eigenvalue weighted by Crippen LogP contribution is 2.23. The summed E-state index contributed by atoms with van der Waals surface area (Å²) in [6.45, 7) is 0.483. The fourth-order valence-electron chi connectivity index (χ4n) is 3.40. The maximum absolute atomic E-state index is 13.6. The number of aromatic nitrogens is 5. The number of benzene rings is 2. The first-order valence-corrected chi connectivity index (χ1v) is 8.95. The van der Waals surface area contributed by atoms with Gasteiger partial charge >= 0.3 is 0 Å². The van der Waals surface area contributed by atoms with E-state index in [0.29, 0.717) is 18.1 Å². The van der Waals surface area contributed by atoms with Crippen molar-refractivity contribution in [3.05, 3.63) is 97.0 Å². The fourth-order valence-corrected chi connectivity index (χ4v) is 3.40. The Kier molecular flexibility index (Phi) is 3.94. The van der Waals surface area contributed by atoms with Crippen LogP contribution in [0.1, 0.15) is 5.82 Å². The number of hydrogen-bond acceptors (Lipinski definition) is 3. The third-order valence-electron chi connectivity index (χ3n) is 4.62. The van der Waals surface area contributed by atoms with Crippen LogP contribution in [-0.4, -0.2) is 24.1 Å². The Hall–Kier alpha value is -3.80. The van der Waals surface area contributed by atoms with Gasteiger partial charge in [-0.1, -0.05) is 36.4 Å². The first kappa shape index (κ1) is 16.4. The van der Waals surface area contributed by atoms with Crippen molar-refractivity contribution in [2.24, 2.45) is 0 Å². The Morgan fingerprint density at radius 3 is 2.50 bits per heavy atom. The summed E-state index contributed by atoms with van der Waals surface area (Å²) in [6, 6.07) is 22.9. The minimum Gasteiger partial charge on any atom is -0.322 e. The molecule has 5 rings (SSSR count). The molecule has 0 atom stereocenters. The van der Waals surface area contributed by atoms with Gasteiger partial charge in [-0.05, 0) is 36.4 Å². The summed E-state index contributed by atoms with van der Waals surface area (Å²) >= 11 is 0. The molecule has 28 heavy (non-hydrogen) atoms. The summed E-state index contributed by atoms with van der Waals surface area (Å²) in [5, 5.41) is 0. The van der Waals surface area contributed by atoms with Gasteiger partial charge in [0.1, 0.15) is 11.5 Å². The highest BCUT2D eigenvalue weighted by atomic mass is 19.1. The van der Waals surface area contributed by atoms with E-state index in [2.05, 4.69) is 32.7 Å². The van der Waals surface area contributed by atoms with Crippen molar-refractivity contribution in [2.45, 2.75) is 6.54 Å². The summed E-state index contributed by atoms with van der Waals surface area (Å²) in [7, 11) is 0. The molecule has 5 nitrogen and oxygen atoms in total. The Labute approximate surface area is 160 Å². The van der Waals surface area contributed by atoms with Crippen LogP contribution in [-0.2, 0) is 6.54 Å². The van der Waals surface area contributed by atoms with Crippen LogP contribution in [0, 0.1) is 5.95 Å². The second kappa shape index (κ2) is 6.74. The molecule has 6 heteroatoms. The lowest BCUT2D eigenvalue weighted by atomic mass is 10.3. The van der Waals surface area contributed by atoms with E-state index in [0.717, 1.165) is 22.5 Å². The number of fused-ring (bicyclic) bond motifs is 1. The Bertz CT molecular complexity index is 1260. The monoisotopic (exact) mass is 369 g/mol. The summed E-state index contributed by atoms with van der Waals surface area (Å²) < 4.78 is 17.6. The standard InChI is InChI=1S/C22H16FN5/c23-20-12-6-10-18(25-20)22-24-13-14-27(22)15-21-26-17-9-4-5-11-19(17)28(21)16-7-2-1-3-8-16/h1-14H,15H2. The van der Waals surface area contributed by atoms with E-state index in [1.165, 1.54) is 6.07 Å². The molecule has 0 N–H and O–H groups in total. The number of halogens is 1. The summed E-state index contributed by atoms with van der Waals surface area (Å²) in [5.41, 5.74) is 3.49. The van der Waals surface area contributed by atoms with Gasteiger partial charge in [0.15, 0.2) is 5.82 Å². The Morgan fingerprint density at radius 1 is 0.821 bits per heavy atom. The zero-order valence-corrected chi connectivity index (χ0v) is 14.9. The normalized spacial score (nSPS) is 11.2. The molecule has 5 aromatic rings. The predicted octanol–water partition coefficient (Wildman–Crippen LogP) is 4.47. The van der Waals surface area contributed by atoms with Gasteiger partial charge in [-0.15, -0.1) is 0 Å². The van der Waals surface area contributed by atoms with E-state index >= 15 is 0 Å². The van der Waals surface area contributed by atoms with E-state index in [4.69, 9.17) is 4.98 Å². The Balaban J connectivity index is 1.64. The first-order chi connectivity index (χ1) is 13.8. The van der Waals surface area contributed by atoms with Crippen molar-refractivity contribution < 1.29 is 4.39 Å². The van der Waals surface area contributed by atoms with E-state index in [-0.39, 0.29) is 0 Å². The van der Waals surface area contributed by atoms with Crippen LogP contribution in [0.2, 0.25) is 0 Å². The van der Waals surface area contributed by atoms with Crippen LogP contribution in [0.3, 0.4) is 0 Å². The highest BCUT2D eigenvalue weighted by molar-refractivity contribution is 5.78. The van der Waals surface area contributed by atoms with E-state index < -0.39 is 5.95 Å². The quantitative estimate of drug-likeness (QED) is 0.439. The minimum absolute atomic E-state index is 0.483. The molecular weight excluding hydrogens is 353 g/mol. The van der Waals surface area contributed by atoms with Gasteiger partial charge < -0.3 is 4.57 Å². The fraction of sp³-hybridized carbons (Fsp3) is 0.0455. The maximum Gasteiger partial charge on any atom is 0.213 e. The van der Waals surface area contributed by atoms with Crippen molar-refractivity contribution in [3.63, 3.8) is 0 Å². The second-order valence-electron chi connectivity index (χ2n) is 6.41. The minimum atomic E-state index is -0.524. The van der Waals surface area contributed by atoms with Gasteiger partial charge in [0.2, 0.25) is 5.95 Å². The molecule has 2 aromatic carbocycles. The number of para-hydroxylation sites is 3. The summed E-state index contributed by atoms with van der Waals surface area (Å²) in [4.78, 5) is 13.2. The predicted molar refractivity (Wildman–Crippen MR) is 106 cm³/mol. The molecule has 0 saturated heterocycles. The molecule has 3 aromatic heterocycles. The van der Waals surface area contributed by atoms with Gasteiger partial charge in [0.25, 0.3) is 0 Å². The number of nitrogens with zero attached hydrogens (tertiary/aromatic N) is 5. The largest absolute Gasteiger partial charge is 0.322 e. The summed E-state index contributed by atoms with van der Waals surface area (Å²) in [5.74, 6) is 0.942. The number of pyridine rings is 1. The van der Waals surface area contributed by atoms with Crippen molar-refractivity contribution in [3.8, 4) is 17.2 Å². The topological polar surface area (TPSA) is 48.5 Å². The van der Waals surface area contributed by atoms with Crippen molar-refractivity contribution in [1.29, 1.82) is 0 Å². The third-order valence-corrected chi connectivity index (χ3v) is 4.62. The van der Waals surface area contributed by atoms with E-state index in [1.54, 1.807) is 18.3 Å². The molecule has 136 valence electrons. The number of rotatable bonds is 4. The lowest BCUT2D eigenvalue weighted by molar-refractivity contribution is 0.584. The van der Waals surface area contributed by atoms with Crippen molar-refractivity contribution >= 4 is 11.0 Å². The third kappa shape index (κ3) is 2.85. The molecular formula is C22H16FN5. The Morgan fingerprint density at radius 2 is 1.64 bits per heavy atom. The van der Waals surface area contributed by atoms with Gasteiger partial charge in [0, 0.05) is 18.1 Å². The molecule has 3 heterocycles. The van der Waals surface area contributed by atoms with Crippen molar-refractivity contribution in [1.82, 2.24) is 24.1 Å². The molecule has 0 aliphatic carbocycles. The molecule has 0 aliphatic rings. The molecule has 0 fully saturated rings. The molecule has 0 unspecified atom stereocenters. The van der Waals surface area contributed by atoms with Crippen LogP contribution >= 0.6 is 0 Å². The van der Waals surface area contributed by atoms with Gasteiger partial charge in [0.05, 0.1) is 17.6 Å². The number of imidazole rings is 2. The SMILES string of the molecule is Fc1cccc(-c2nccn2Cc2nc3ccccc3n2-c2ccccc2)n1. The molecule has 0 spiro atoms. The smallest absolute Gasteiger partial charge is 0.213 e. The molecule has 0 saturated carbocycles. The summed E-state index contributed by atoms with van der Waals surface area (Å²) in [6.07, 6.45) is 3.55. The highest BCUT2D eigenvalue weighted by Gasteiger charge is 2.15. The van der Waals surface area contributed by atoms with Crippen LogP contribution in [0.25, 0.3) is 28.2 Å². The average Bonchev–Trinajstić information content (AvgIpc) is 3.33. The van der Waals surface area contributed by atoms with Crippen LogP contribution < -0.4 is 0 Å². The molecule has 0 radical (unpaired) electrons. The van der Waals surface area contributed by atoms with Crippen LogP contribution in [0.15, 0.2) is 85.2 Å². The lowest BCUT2D eigenvalue weighted by Crippen LogP contribution is -2.08. The second-order valence-corrected chi connectivity index (χ2v) is 6.41. The number of hydrogen-bond donors (Lipinski definition) is 0. The van der Waals surface area contributed by atoms with Crippen molar-refractivity contribution in [2.75, 3.05) is 0 Å². The average molecular weight is 369 g/mol. The zero-order chi connectivity index (χ0) is 18.9.